The van der Waals surface area contributed by atoms with Crippen LogP contribution in [0.5, 0.6) is 0 Å². The number of rotatable bonds is 9. The Morgan fingerprint density at radius 1 is 0.941 bits per heavy atom. The van der Waals surface area contributed by atoms with Crippen LogP contribution in [0.15, 0.2) is 0 Å². The third-order valence-electron chi connectivity index (χ3n) is 2.04. The Kier molecular flexibility index (Phi) is 7.22. The van der Waals surface area contributed by atoms with E-state index in [1.54, 1.807) is 0 Å². The summed E-state index contributed by atoms with van der Waals surface area (Å²) >= 11 is 0. The zero-order chi connectivity index (χ0) is 13.5. The first-order valence-corrected chi connectivity index (χ1v) is 8.96. The Bertz CT molecular complexity index is 397. The first kappa shape index (κ1) is 16.8. The summed E-state index contributed by atoms with van der Waals surface area (Å²) in [6.07, 6.45) is 4.06. The maximum atomic E-state index is 10.8. The van der Waals surface area contributed by atoms with E-state index in [2.05, 4.69) is 4.18 Å². The van der Waals surface area contributed by atoms with E-state index in [0.29, 0.717) is 6.42 Å². The normalized spacial score (nSPS) is 14.8. The van der Waals surface area contributed by atoms with Crippen molar-refractivity contribution >= 4 is 20.2 Å². The SMILES string of the molecule is CCCC(CCOS(C)(=O)=O)COS(C)(=O)=O. The highest BCUT2D eigenvalue weighted by molar-refractivity contribution is 7.86. The van der Waals surface area contributed by atoms with E-state index in [4.69, 9.17) is 4.18 Å². The van der Waals surface area contributed by atoms with E-state index in [0.717, 1.165) is 25.4 Å². The molecule has 0 aromatic heterocycles. The van der Waals surface area contributed by atoms with Crippen molar-refractivity contribution in [2.75, 3.05) is 25.7 Å². The second-order valence-corrected chi connectivity index (χ2v) is 7.25. The Balaban J connectivity index is 4.07. The molecule has 17 heavy (non-hydrogen) atoms. The average Bonchev–Trinajstić information content (AvgIpc) is 2.11. The van der Waals surface area contributed by atoms with Gasteiger partial charge >= 0.3 is 0 Å². The molecule has 0 saturated heterocycles. The monoisotopic (exact) mass is 288 g/mol. The molecule has 0 aromatic carbocycles. The Morgan fingerprint density at radius 2 is 1.47 bits per heavy atom. The smallest absolute Gasteiger partial charge is 0.264 e. The van der Waals surface area contributed by atoms with Crippen LogP contribution in [-0.4, -0.2) is 42.6 Å². The Morgan fingerprint density at radius 3 is 1.88 bits per heavy atom. The average molecular weight is 288 g/mol. The van der Waals surface area contributed by atoms with Crippen LogP contribution >= 0.6 is 0 Å². The molecule has 1 unspecified atom stereocenters. The van der Waals surface area contributed by atoms with Gasteiger partial charge in [-0.1, -0.05) is 13.3 Å². The van der Waals surface area contributed by atoms with Gasteiger partial charge in [0.25, 0.3) is 20.2 Å². The van der Waals surface area contributed by atoms with E-state index in [1.165, 1.54) is 0 Å². The molecule has 0 radical (unpaired) electrons. The summed E-state index contributed by atoms with van der Waals surface area (Å²) < 4.78 is 52.4. The summed E-state index contributed by atoms with van der Waals surface area (Å²) in [5.74, 6) is -0.0172. The molecular weight excluding hydrogens is 268 g/mol. The number of hydrogen-bond donors (Lipinski definition) is 0. The van der Waals surface area contributed by atoms with Gasteiger partial charge in [0.15, 0.2) is 0 Å². The fourth-order valence-corrected chi connectivity index (χ4v) is 2.14. The molecule has 1 atom stereocenters. The summed E-state index contributed by atoms with van der Waals surface area (Å²) in [7, 11) is -6.89. The van der Waals surface area contributed by atoms with Gasteiger partial charge in [0, 0.05) is 0 Å². The van der Waals surface area contributed by atoms with Crippen molar-refractivity contribution in [2.45, 2.75) is 26.2 Å². The molecule has 0 saturated carbocycles. The van der Waals surface area contributed by atoms with E-state index >= 15 is 0 Å². The third kappa shape index (κ3) is 12.1. The lowest BCUT2D eigenvalue weighted by atomic mass is 10.0. The molecule has 0 N–H and O–H groups in total. The van der Waals surface area contributed by atoms with Crippen molar-refractivity contribution in [2.24, 2.45) is 5.92 Å². The van der Waals surface area contributed by atoms with Crippen LogP contribution in [0.2, 0.25) is 0 Å². The molecule has 0 heterocycles. The zero-order valence-electron chi connectivity index (χ0n) is 10.4. The van der Waals surface area contributed by atoms with Gasteiger partial charge in [-0.25, -0.2) is 0 Å². The fourth-order valence-electron chi connectivity index (χ4n) is 1.31. The maximum absolute atomic E-state index is 10.8. The molecule has 0 bridgehead atoms. The van der Waals surface area contributed by atoms with Gasteiger partial charge in [-0.15, -0.1) is 0 Å². The third-order valence-corrected chi connectivity index (χ3v) is 3.20. The van der Waals surface area contributed by atoms with Gasteiger partial charge in [0.1, 0.15) is 0 Å². The molecule has 8 heteroatoms. The molecule has 0 rings (SSSR count). The molecule has 0 amide bonds. The van der Waals surface area contributed by atoms with Crippen molar-refractivity contribution in [3.05, 3.63) is 0 Å². The predicted molar refractivity (Wildman–Crippen MR) is 64.6 cm³/mol. The van der Waals surface area contributed by atoms with Crippen LogP contribution < -0.4 is 0 Å². The molecule has 0 aliphatic heterocycles. The summed E-state index contributed by atoms with van der Waals surface area (Å²) in [4.78, 5) is 0. The van der Waals surface area contributed by atoms with Crippen LogP contribution in [0.4, 0.5) is 0 Å². The molecule has 6 nitrogen and oxygen atoms in total. The Hall–Kier alpha value is -0.180. The highest BCUT2D eigenvalue weighted by Crippen LogP contribution is 2.13. The molecule has 0 aliphatic rings. The molecule has 0 aliphatic carbocycles. The van der Waals surface area contributed by atoms with Gasteiger partial charge in [-0.3, -0.25) is 8.37 Å². The van der Waals surface area contributed by atoms with Gasteiger partial charge in [0.05, 0.1) is 25.7 Å². The quantitative estimate of drug-likeness (QED) is 0.582. The van der Waals surface area contributed by atoms with Crippen molar-refractivity contribution in [1.82, 2.24) is 0 Å². The van der Waals surface area contributed by atoms with Gasteiger partial charge < -0.3 is 0 Å². The zero-order valence-corrected chi connectivity index (χ0v) is 12.0. The minimum absolute atomic E-state index is 0.0172. The molecule has 0 aromatic rings. The summed E-state index contributed by atoms with van der Waals surface area (Å²) in [6.45, 7) is 2.08. The van der Waals surface area contributed by atoms with Crippen molar-refractivity contribution in [3.63, 3.8) is 0 Å². The molecule has 0 spiro atoms. The standard InChI is InChI=1S/C9H20O6S2/c1-4-5-9(8-15-17(3,12)13)6-7-14-16(2,10)11/h9H,4-8H2,1-3H3. The lowest BCUT2D eigenvalue weighted by Crippen LogP contribution is -2.16. The minimum atomic E-state index is -3.45. The van der Waals surface area contributed by atoms with E-state index < -0.39 is 20.2 Å². The fraction of sp³-hybridized carbons (Fsp3) is 1.00. The van der Waals surface area contributed by atoms with Crippen LogP contribution in [0, 0.1) is 5.92 Å². The predicted octanol–water partition coefficient (Wildman–Crippen LogP) is 0.745. The summed E-state index contributed by atoms with van der Waals surface area (Å²) in [6, 6.07) is 0. The first-order chi connectivity index (χ1) is 7.64. The second-order valence-electron chi connectivity index (χ2n) is 3.96. The van der Waals surface area contributed by atoms with E-state index in [-0.39, 0.29) is 19.1 Å². The van der Waals surface area contributed by atoms with Gasteiger partial charge in [-0.05, 0) is 18.8 Å². The van der Waals surface area contributed by atoms with Crippen molar-refractivity contribution in [1.29, 1.82) is 0 Å². The van der Waals surface area contributed by atoms with Crippen molar-refractivity contribution < 1.29 is 25.2 Å². The van der Waals surface area contributed by atoms with Crippen LogP contribution in [0.1, 0.15) is 26.2 Å². The van der Waals surface area contributed by atoms with Crippen LogP contribution in [-0.2, 0) is 28.6 Å². The van der Waals surface area contributed by atoms with Crippen molar-refractivity contribution in [3.8, 4) is 0 Å². The van der Waals surface area contributed by atoms with E-state index in [9.17, 15) is 16.8 Å². The van der Waals surface area contributed by atoms with E-state index in [1.807, 2.05) is 6.92 Å². The molecular formula is C9H20O6S2. The van der Waals surface area contributed by atoms with Crippen LogP contribution in [0.25, 0.3) is 0 Å². The minimum Gasteiger partial charge on any atom is -0.270 e. The van der Waals surface area contributed by atoms with Crippen LogP contribution in [0.3, 0.4) is 0 Å². The highest BCUT2D eigenvalue weighted by atomic mass is 32.2. The Labute approximate surface area is 104 Å². The highest BCUT2D eigenvalue weighted by Gasteiger charge is 2.13. The summed E-state index contributed by atoms with van der Waals surface area (Å²) in [5.41, 5.74) is 0. The maximum Gasteiger partial charge on any atom is 0.264 e. The first-order valence-electron chi connectivity index (χ1n) is 5.33. The summed E-state index contributed by atoms with van der Waals surface area (Å²) in [5, 5.41) is 0. The largest absolute Gasteiger partial charge is 0.270 e. The van der Waals surface area contributed by atoms with Gasteiger partial charge in [-0.2, -0.15) is 16.8 Å². The number of hydrogen-bond acceptors (Lipinski definition) is 6. The molecule has 104 valence electrons. The lowest BCUT2D eigenvalue weighted by molar-refractivity contribution is 0.206. The van der Waals surface area contributed by atoms with Gasteiger partial charge in [0.2, 0.25) is 0 Å². The topological polar surface area (TPSA) is 86.7 Å². The second kappa shape index (κ2) is 7.30. The lowest BCUT2D eigenvalue weighted by Gasteiger charge is -2.14. The molecule has 0 fully saturated rings.